The van der Waals surface area contributed by atoms with Gasteiger partial charge in [-0.25, -0.2) is 13.2 Å². The molecule has 0 atom stereocenters. The predicted molar refractivity (Wildman–Crippen MR) is 151 cm³/mol. The topological polar surface area (TPSA) is 122 Å². The highest BCUT2D eigenvalue weighted by Crippen LogP contribution is 2.30. The van der Waals surface area contributed by atoms with Gasteiger partial charge < -0.3 is 19.4 Å². The average Bonchev–Trinajstić information content (AvgIpc) is 3.63. The van der Waals surface area contributed by atoms with E-state index in [1.165, 1.54) is 33.2 Å². The number of aryl methyl sites for hydroxylation is 2. The van der Waals surface area contributed by atoms with Crippen LogP contribution >= 0.6 is 0 Å². The molecule has 230 valence electrons. The number of nitrogens with zero attached hydrogens (tertiary/aromatic N) is 3. The first-order valence-corrected chi connectivity index (χ1v) is 14.7. The Hall–Kier alpha value is -4.17. The molecule has 1 N–H and O–H groups in total. The first kappa shape index (κ1) is 31.8. The Morgan fingerprint density at radius 1 is 1.07 bits per heavy atom. The number of furan rings is 1. The van der Waals surface area contributed by atoms with Crippen LogP contribution in [0.2, 0.25) is 0 Å². The smallest absolute Gasteiger partial charge is 0.467 e. The number of ether oxygens (including phenoxy) is 1. The van der Waals surface area contributed by atoms with E-state index < -0.39 is 27.9 Å². The highest BCUT2D eigenvalue weighted by Gasteiger charge is 2.41. The quantitative estimate of drug-likeness (QED) is 0.270. The van der Waals surface area contributed by atoms with Crippen molar-refractivity contribution in [3.05, 3.63) is 82.3 Å². The number of benzene rings is 2. The molecular weight excluding hydrogens is 589 g/mol. The van der Waals surface area contributed by atoms with E-state index >= 15 is 0 Å². The Labute approximate surface area is 247 Å². The predicted octanol–water partition coefficient (Wildman–Crippen LogP) is 3.85. The number of carbonyl (C=O) groups excluding carboxylic acids is 2. The highest BCUT2D eigenvalue weighted by molar-refractivity contribution is 7.89. The third-order valence-corrected chi connectivity index (χ3v) is 8.92. The number of nitrogens with one attached hydrogen (secondary N) is 1. The maximum absolute atomic E-state index is 13.3. The molecule has 0 bridgehead atoms. The molecule has 1 aliphatic rings. The number of carbonyl (C=O) groups is 2. The Bertz CT molecular complexity index is 1630. The van der Waals surface area contributed by atoms with Crippen LogP contribution < -0.4 is 10.1 Å². The summed E-state index contributed by atoms with van der Waals surface area (Å²) >= 11 is 0. The molecule has 2 aromatic carbocycles. The Morgan fingerprint density at radius 2 is 1.72 bits per heavy atom. The fraction of sp³-hybridized carbons (Fsp3) is 0.345. The molecule has 2 heterocycles. The molecule has 1 aliphatic heterocycles. The fourth-order valence-electron chi connectivity index (χ4n) is 4.62. The minimum absolute atomic E-state index is 0.0901. The third kappa shape index (κ3) is 7.43. The van der Waals surface area contributed by atoms with E-state index in [1.54, 1.807) is 11.9 Å². The van der Waals surface area contributed by atoms with Crippen LogP contribution in [0.1, 0.15) is 38.4 Å². The summed E-state index contributed by atoms with van der Waals surface area (Å²) in [6, 6.07) is 11.5. The van der Waals surface area contributed by atoms with Crippen LogP contribution in [0.3, 0.4) is 0 Å². The molecule has 43 heavy (non-hydrogen) atoms. The summed E-state index contributed by atoms with van der Waals surface area (Å²) in [5.41, 5.74) is 2.50. The number of amides is 1. The number of hydrogen-bond acceptors (Lipinski definition) is 8. The molecule has 4 rings (SSSR count). The lowest BCUT2D eigenvalue weighted by Crippen LogP contribution is -2.29. The van der Waals surface area contributed by atoms with Gasteiger partial charge in [-0.3, -0.25) is 9.79 Å². The average molecular weight is 621 g/mol. The number of alkyl halides is 3. The van der Waals surface area contributed by atoms with Crippen molar-refractivity contribution in [3.8, 4) is 5.75 Å². The van der Waals surface area contributed by atoms with Gasteiger partial charge in [0.1, 0.15) is 23.6 Å². The number of halogens is 3. The van der Waals surface area contributed by atoms with Crippen LogP contribution in [0.15, 0.2) is 63.0 Å². The van der Waals surface area contributed by atoms with Crippen LogP contribution in [0.4, 0.5) is 13.2 Å². The summed E-state index contributed by atoms with van der Waals surface area (Å²) in [7, 11) is -1.17. The van der Waals surface area contributed by atoms with Gasteiger partial charge in [0.2, 0.25) is 10.0 Å². The second-order valence-corrected chi connectivity index (χ2v) is 12.1. The maximum atomic E-state index is 13.3. The molecule has 0 aliphatic carbocycles. The van der Waals surface area contributed by atoms with Gasteiger partial charge in [0.05, 0.1) is 23.5 Å². The van der Waals surface area contributed by atoms with Crippen molar-refractivity contribution in [2.45, 2.75) is 37.9 Å². The Kier molecular flexibility index (Phi) is 9.30. The van der Waals surface area contributed by atoms with E-state index in [-0.39, 0.29) is 39.8 Å². The van der Waals surface area contributed by atoms with Gasteiger partial charge in [0.15, 0.2) is 0 Å². The van der Waals surface area contributed by atoms with Gasteiger partial charge in [-0.2, -0.15) is 17.5 Å². The lowest BCUT2D eigenvalue weighted by Gasteiger charge is -2.20. The maximum Gasteiger partial charge on any atom is 0.491 e. The number of esters is 1. The van der Waals surface area contributed by atoms with Crippen molar-refractivity contribution in [1.82, 2.24) is 14.5 Å². The van der Waals surface area contributed by atoms with Gasteiger partial charge in [-0.1, -0.05) is 24.3 Å². The first-order valence-electron chi connectivity index (χ1n) is 13.2. The molecule has 0 spiro atoms. The normalized spacial score (nSPS) is 13.5. The molecule has 3 aromatic rings. The molecule has 14 heteroatoms. The van der Waals surface area contributed by atoms with Gasteiger partial charge in [-0.15, -0.1) is 0 Å². The summed E-state index contributed by atoms with van der Waals surface area (Å²) in [5, 5.41) is 3.23. The van der Waals surface area contributed by atoms with Crippen LogP contribution in [-0.4, -0.2) is 75.2 Å². The minimum Gasteiger partial charge on any atom is -0.467 e. The van der Waals surface area contributed by atoms with E-state index in [2.05, 4.69) is 15.0 Å². The zero-order valence-corrected chi connectivity index (χ0v) is 24.8. The molecule has 0 fully saturated rings. The van der Waals surface area contributed by atoms with Crippen LogP contribution in [0.25, 0.3) is 0 Å². The zero-order valence-electron chi connectivity index (χ0n) is 24.0. The summed E-state index contributed by atoms with van der Waals surface area (Å²) < 4.78 is 75.2. The van der Waals surface area contributed by atoms with Crippen molar-refractivity contribution in [3.63, 3.8) is 0 Å². The molecule has 1 amide bonds. The van der Waals surface area contributed by atoms with Gasteiger partial charge in [0.25, 0.3) is 5.91 Å². The molecule has 0 saturated heterocycles. The summed E-state index contributed by atoms with van der Waals surface area (Å²) in [4.78, 5) is 30.0. The second kappa shape index (κ2) is 12.6. The van der Waals surface area contributed by atoms with Gasteiger partial charge in [0, 0.05) is 32.7 Å². The molecule has 10 nitrogen and oxygen atoms in total. The van der Waals surface area contributed by atoms with Crippen molar-refractivity contribution >= 4 is 27.7 Å². The number of amidine groups is 1. The van der Waals surface area contributed by atoms with E-state index in [0.29, 0.717) is 13.0 Å². The van der Waals surface area contributed by atoms with Crippen LogP contribution in [0, 0.1) is 13.8 Å². The number of rotatable bonds is 10. The largest absolute Gasteiger partial charge is 0.491 e. The molecule has 0 unspecified atom stereocenters. The lowest BCUT2D eigenvalue weighted by molar-refractivity contribution is -0.189. The number of hydrogen-bond donors (Lipinski definition) is 1. The summed E-state index contributed by atoms with van der Waals surface area (Å²) in [6.07, 6.45) is -3.31. The number of sulfonamides is 1. The second-order valence-electron chi connectivity index (χ2n) is 10.2. The number of likely N-dealkylation sites (N-methyl/N-ethyl adjacent to an activating group) is 1. The van der Waals surface area contributed by atoms with Crippen molar-refractivity contribution < 1.29 is 40.3 Å². The zero-order chi connectivity index (χ0) is 31.5. The van der Waals surface area contributed by atoms with E-state index in [9.17, 15) is 31.2 Å². The van der Waals surface area contributed by atoms with Gasteiger partial charge in [-0.05, 0) is 55.2 Å². The molecule has 0 saturated carbocycles. The first-order chi connectivity index (χ1) is 20.2. The third-order valence-electron chi connectivity index (χ3n) is 6.81. The molecule has 1 aromatic heterocycles. The SMILES string of the molecule is Cc1cc(OC(=O)C(F)(F)F)cc(C)c1S(=O)(=O)N(C)Cc1cc(C(=O)N(C)CCc2ccc(C3=NCCN3)cc2)co1. The van der Waals surface area contributed by atoms with Crippen molar-refractivity contribution in [2.24, 2.45) is 4.99 Å². The van der Waals surface area contributed by atoms with Gasteiger partial charge >= 0.3 is 12.1 Å². The van der Waals surface area contributed by atoms with E-state index in [0.717, 1.165) is 46.5 Å². The highest BCUT2D eigenvalue weighted by atomic mass is 32.2. The van der Waals surface area contributed by atoms with E-state index in [1.807, 2.05) is 24.3 Å². The number of aliphatic imine (C=N–C) groups is 1. The standard InChI is InChI=1S/C29H31F3N4O6S/c1-18-13-23(42-28(38)29(30,31)32)14-19(2)25(18)43(39,40)36(4)16-24-15-22(17-41-24)27(37)35(3)12-9-20-5-7-21(8-6-20)26-33-10-11-34-26/h5-8,13-15,17H,9-12,16H2,1-4H3,(H,33,34). The lowest BCUT2D eigenvalue weighted by atomic mass is 10.1. The fourth-order valence-corrected chi connectivity index (χ4v) is 6.16. The van der Waals surface area contributed by atoms with Crippen molar-refractivity contribution in [1.29, 1.82) is 0 Å². The molecule has 0 radical (unpaired) electrons. The van der Waals surface area contributed by atoms with E-state index in [4.69, 9.17) is 4.42 Å². The Balaban J connectivity index is 1.37. The molecular formula is C29H31F3N4O6S. The van der Waals surface area contributed by atoms with Crippen LogP contribution in [0.5, 0.6) is 5.75 Å². The minimum atomic E-state index is -5.19. The summed E-state index contributed by atoms with van der Waals surface area (Å²) in [6.45, 7) is 4.59. The monoisotopic (exact) mass is 620 g/mol. The van der Waals surface area contributed by atoms with Crippen molar-refractivity contribution in [2.75, 3.05) is 33.7 Å². The van der Waals surface area contributed by atoms with Crippen LogP contribution in [-0.2, 0) is 27.8 Å². The Morgan fingerprint density at radius 3 is 2.30 bits per heavy atom. The summed E-state index contributed by atoms with van der Waals surface area (Å²) in [5.74, 6) is -2.03.